The Morgan fingerprint density at radius 2 is 1.86 bits per heavy atom. The van der Waals surface area contributed by atoms with Crippen molar-refractivity contribution in [3.8, 4) is 0 Å². The molecule has 1 aliphatic rings. The van der Waals surface area contributed by atoms with Gasteiger partial charge in [-0.25, -0.2) is 0 Å². The van der Waals surface area contributed by atoms with Gasteiger partial charge in [-0.15, -0.1) is 0 Å². The highest BCUT2D eigenvalue weighted by molar-refractivity contribution is 5.67. The average Bonchev–Trinajstić information content (AvgIpc) is 2.48. The molecule has 0 radical (unpaired) electrons. The normalized spacial score (nSPS) is 22.8. The van der Waals surface area contributed by atoms with Crippen molar-refractivity contribution in [2.24, 2.45) is 5.92 Å². The molecular formula is C19H24O2. The molecule has 1 aliphatic carbocycles. The molecule has 0 spiro atoms. The average molecular weight is 284 g/mol. The summed E-state index contributed by atoms with van der Waals surface area (Å²) in [7, 11) is 0. The third kappa shape index (κ3) is 4.32. The van der Waals surface area contributed by atoms with Crippen LogP contribution in [0.15, 0.2) is 43.0 Å². The molecule has 0 aliphatic heterocycles. The maximum atomic E-state index is 10.8. The zero-order valence-corrected chi connectivity index (χ0v) is 12.7. The van der Waals surface area contributed by atoms with Crippen molar-refractivity contribution in [3.05, 3.63) is 54.1 Å². The highest BCUT2D eigenvalue weighted by atomic mass is 16.4. The standard InChI is InChI=1S/C19H24O2/c1-3-4-14(2)16-9-11-18(12-10-16)17-7-5-15(6-8-17)13-19(20)21/h3-4,9-12,15,17H,1,5-8,13H2,2H3,(H,20,21)/b14-4+/t15-,17-. The topological polar surface area (TPSA) is 37.3 Å². The van der Waals surface area contributed by atoms with Crippen LogP contribution in [0.3, 0.4) is 0 Å². The molecule has 0 atom stereocenters. The monoisotopic (exact) mass is 284 g/mol. The predicted octanol–water partition coefficient (Wildman–Crippen LogP) is 5.02. The molecule has 0 unspecified atom stereocenters. The van der Waals surface area contributed by atoms with E-state index in [9.17, 15) is 4.79 Å². The van der Waals surface area contributed by atoms with Crippen LogP contribution in [0.2, 0.25) is 0 Å². The largest absolute Gasteiger partial charge is 0.481 e. The van der Waals surface area contributed by atoms with E-state index in [2.05, 4.69) is 37.8 Å². The summed E-state index contributed by atoms with van der Waals surface area (Å²) < 4.78 is 0. The van der Waals surface area contributed by atoms with Crippen molar-refractivity contribution >= 4 is 11.5 Å². The number of aliphatic carboxylic acids is 1. The summed E-state index contributed by atoms with van der Waals surface area (Å²) in [6.07, 6.45) is 8.45. The molecule has 0 amide bonds. The highest BCUT2D eigenvalue weighted by Crippen LogP contribution is 2.37. The lowest BCUT2D eigenvalue weighted by atomic mass is 9.77. The van der Waals surface area contributed by atoms with Gasteiger partial charge in [0, 0.05) is 6.42 Å². The molecule has 21 heavy (non-hydrogen) atoms. The van der Waals surface area contributed by atoms with Crippen LogP contribution < -0.4 is 0 Å². The number of carboxylic acid groups (broad SMARTS) is 1. The minimum absolute atomic E-state index is 0.331. The van der Waals surface area contributed by atoms with Gasteiger partial charge in [0.1, 0.15) is 0 Å². The molecule has 2 heteroatoms. The smallest absolute Gasteiger partial charge is 0.303 e. The van der Waals surface area contributed by atoms with Crippen LogP contribution in [-0.4, -0.2) is 11.1 Å². The van der Waals surface area contributed by atoms with E-state index in [1.165, 1.54) is 16.7 Å². The minimum atomic E-state index is -0.660. The highest BCUT2D eigenvalue weighted by Gasteiger charge is 2.23. The number of hydrogen-bond donors (Lipinski definition) is 1. The maximum absolute atomic E-state index is 10.8. The van der Waals surface area contributed by atoms with Gasteiger partial charge in [-0.2, -0.15) is 0 Å². The van der Waals surface area contributed by atoms with Crippen LogP contribution in [0.1, 0.15) is 56.1 Å². The van der Waals surface area contributed by atoms with Crippen molar-refractivity contribution in [1.82, 2.24) is 0 Å². The molecule has 0 saturated heterocycles. The molecule has 0 bridgehead atoms. The Morgan fingerprint density at radius 1 is 1.24 bits per heavy atom. The second kappa shape index (κ2) is 7.26. The van der Waals surface area contributed by atoms with Gasteiger partial charge < -0.3 is 5.11 Å². The van der Waals surface area contributed by atoms with Gasteiger partial charge in [-0.1, -0.05) is 43.0 Å². The van der Waals surface area contributed by atoms with Crippen molar-refractivity contribution in [2.45, 2.75) is 44.9 Å². The van der Waals surface area contributed by atoms with Gasteiger partial charge in [-0.05, 0) is 61.1 Å². The van der Waals surface area contributed by atoms with E-state index in [4.69, 9.17) is 5.11 Å². The summed E-state index contributed by atoms with van der Waals surface area (Å²) in [5.74, 6) is 0.302. The number of benzene rings is 1. The SMILES string of the molecule is C=C/C=C(\C)c1ccc([C@H]2CC[C@H](CC(=O)O)CC2)cc1. The summed E-state index contributed by atoms with van der Waals surface area (Å²) in [4.78, 5) is 10.8. The fourth-order valence-electron chi connectivity index (χ4n) is 3.24. The van der Waals surface area contributed by atoms with Gasteiger partial charge in [0.15, 0.2) is 0 Å². The zero-order valence-electron chi connectivity index (χ0n) is 12.7. The Bertz CT molecular complexity index is 517. The first-order valence-corrected chi connectivity index (χ1v) is 7.71. The van der Waals surface area contributed by atoms with Crippen LogP contribution in [0.5, 0.6) is 0 Å². The lowest BCUT2D eigenvalue weighted by molar-refractivity contribution is -0.138. The third-order valence-corrected chi connectivity index (χ3v) is 4.52. The Balaban J connectivity index is 1.96. The summed E-state index contributed by atoms with van der Waals surface area (Å²) >= 11 is 0. The van der Waals surface area contributed by atoms with E-state index in [1.807, 2.05) is 12.2 Å². The van der Waals surface area contributed by atoms with Crippen LogP contribution in [0, 0.1) is 5.92 Å². The second-order valence-electron chi connectivity index (χ2n) is 6.02. The molecule has 2 rings (SSSR count). The van der Waals surface area contributed by atoms with Crippen molar-refractivity contribution < 1.29 is 9.90 Å². The van der Waals surface area contributed by atoms with Crippen molar-refractivity contribution in [3.63, 3.8) is 0 Å². The fraction of sp³-hybridized carbons (Fsp3) is 0.421. The summed E-state index contributed by atoms with van der Waals surface area (Å²) in [6, 6.07) is 8.79. The first kappa shape index (κ1) is 15.6. The Morgan fingerprint density at radius 3 is 2.38 bits per heavy atom. The zero-order chi connectivity index (χ0) is 15.2. The molecule has 1 aromatic rings. The van der Waals surface area contributed by atoms with E-state index in [1.54, 1.807) is 0 Å². The van der Waals surface area contributed by atoms with Gasteiger partial charge in [-0.3, -0.25) is 4.79 Å². The predicted molar refractivity (Wildman–Crippen MR) is 87.2 cm³/mol. The minimum Gasteiger partial charge on any atom is -0.481 e. The number of carboxylic acids is 1. The molecule has 1 N–H and O–H groups in total. The van der Waals surface area contributed by atoms with E-state index >= 15 is 0 Å². The van der Waals surface area contributed by atoms with Gasteiger partial charge in [0.25, 0.3) is 0 Å². The number of rotatable bonds is 5. The van der Waals surface area contributed by atoms with Crippen LogP contribution in [0.25, 0.3) is 5.57 Å². The first-order valence-electron chi connectivity index (χ1n) is 7.71. The molecule has 1 aromatic carbocycles. The molecular weight excluding hydrogens is 260 g/mol. The van der Waals surface area contributed by atoms with E-state index < -0.39 is 5.97 Å². The Kier molecular flexibility index (Phi) is 5.38. The van der Waals surface area contributed by atoms with E-state index in [0.29, 0.717) is 18.3 Å². The summed E-state index contributed by atoms with van der Waals surface area (Å²) in [5.41, 5.74) is 3.85. The second-order valence-corrected chi connectivity index (χ2v) is 6.02. The number of carbonyl (C=O) groups is 1. The Hall–Kier alpha value is -1.83. The molecule has 112 valence electrons. The Labute approximate surface area is 127 Å². The summed E-state index contributed by atoms with van der Waals surface area (Å²) in [6.45, 7) is 5.82. The number of allylic oxidation sites excluding steroid dienone is 3. The quantitative estimate of drug-likeness (QED) is 0.770. The fourth-order valence-corrected chi connectivity index (χ4v) is 3.24. The molecule has 1 saturated carbocycles. The number of hydrogen-bond acceptors (Lipinski definition) is 1. The van der Waals surface area contributed by atoms with Crippen LogP contribution in [0.4, 0.5) is 0 Å². The van der Waals surface area contributed by atoms with Gasteiger partial charge in [0.05, 0.1) is 0 Å². The molecule has 0 heterocycles. The molecule has 2 nitrogen and oxygen atoms in total. The lowest BCUT2D eigenvalue weighted by Crippen LogP contribution is -2.16. The van der Waals surface area contributed by atoms with Crippen molar-refractivity contribution in [1.29, 1.82) is 0 Å². The van der Waals surface area contributed by atoms with Crippen molar-refractivity contribution in [2.75, 3.05) is 0 Å². The van der Waals surface area contributed by atoms with Crippen LogP contribution in [-0.2, 0) is 4.79 Å². The maximum Gasteiger partial charge on any atom is 0.303 e. The van der Waals surface area contributed by atoms with Gasteiger partial charge >= 0.3 is 5.97 Å². The summed E-state index contributed by atoms with van der Waals surface area (Å²) in [5, 5.41) is 8.86. The van der Waals surface area contributed by atoms with E-state index in [0.717, 1.165) is 25.7 Å². The van der Waals surface area contributed by atoms with Gasteiger partial charge in [0.2, 0.25) is 0 Å². The third-order valence-electron chi connectivity index (χ3n) is 4.52. The molecule has 1 fully saturated rings. The first-order chi connectivity index (χ1) is 10.1. The van der Waals surface area contributed by atoms with E-state index in [-0.39, 0.29) is 0 Å². The lowest BCUT2D eigenvalue weighted by Gasteiger charge is -2.28. The molecule has 0 aromatic heterocycles. The van der Waals surface area contributed by atoms with Crippen LogP contribution >= 0.6 is 0 Å².